The fourth-order valence-corrected chi connectivity index (χ4v) is 3.79. The highest BCUT2D eigenvalue weighted by Gasteiger charge is 2.35. The van der Waals surface area contributed by atoms with Crippen LogP contribution in [-0.4, -0.2) is 12.1 Å². The summed E-state index contributed by atoms with van der Waals surface area (Å²) in [6, 6.07) is 0. The second-order valence-corrected chi connectivity index (χ2v) is 8.65. The fraction of sp³-hybridized carbons (Fsp3) is 1.00. The van der Waals surface area contributed by atoms with Gasteiger partial charge in [-0.3, -0.25) is 0 Å². The Morgan fingerprint density at radius 3 is 2.10 bits per heavy atom. The highest BCUT2D eigenvalue weighted by atomic mass is 15.0. The van der Waals surface area contributed by atoms with Gasteiger partial charge in [0, 0.05) is 12.1 Å². The number of rotatable bonds is 9. The Kier molecular flexibility index (Phi) is 8.31. The highest BCUT2D eigenvalue weighted by Crippen LogP contribution is 2.44. The molecule has 0 saturated heterocycles. The van der Waals surface area contributed by atoms with Crippen molar-refractivity contribution in [1.29, 1.82) is 0 Å². The van der Waals surface area contributed by atoms with Gasteiger partial charge in [-0.1, -0.05) is 52.4 Å². The van der Waals surface area contributed by atoms with E-state index in [9.17, 15) is 0 Å². The summed E-state index contributed by atoms with van der Waals surface area (Å²) in [5.74, 6) is 1.03. The predicted molar refractivity (Wildman–Crippen MR) is 95.8 cm³/mol. The molecule has 0 aliphatic heterocycles. The Morgan fingerprint density at radius 1 is 0.952 bits per heavy atom. The summed E-state index contributed by atoms with van der Waals surface area (Å²) in [6.07, 6.45) is 15.8. The van der Waals surface area contributed by atoms with E-state index in [0.29, 0.717) is 5.41 Å². The molecular weight excluding hydrogens is 254 g/mol. The van der Waals surface area contributed by atoms with E-state index in [1.165, 1.54) is 77.2 Å². The third-order valence-corrected chi connectivity index (χ3v) is 5.44. The van der Waals surface area contributed by atoms with Gasteiger partial charge in [0.15, 0.2) is 0 Å². The second-order valence-electron chi connectivity index (χ2n) is 8.65. The summed E-state index contributed by atoms with van der Waals surface area (Å²) in [5, 5.41) is 3.82. The molecule has 1 rings (SSSR count). The third kappa shape index (κ3) is 7.68. The van der Waals surface area contributed by atoms with Gasteiger partial charge < -0.3 is 5.32 Å². The second kappa shape index (κ2) is 9.18. The zero-order valence-corrected chi connectivity index (χ0v) is 15.6. The van der Waals surface area contributed by atoms with E-state index in [1.807, 2.05) is 0 Å². The van der Waals surface area contributed by atoms with E-state index in [2.05, 4.69) is 39.9 Å². The molecule has 1 aliphatic rings. The topological polar surface area (TPSA) is 12.0 Å². The first kappa shape index (κ1) is 19.0. The zero-order chi connectivity index (χ0) is 15.8. The first-order valence-electron chi connectivity index (χ1n) is 9.66. The smallest absolute Gasteiger partial charge is 0.00967 e. The largest absolute Gasteiger partial charge is 0.312 e. The van der Waals surface area contributed by atoms with Crippen LogP contribution in [0.2, 0.25) is 0 Å². The maximum absolute atomic E-state index is 3.82. The molecule has 0 aromatic carbocycles. The van der Waals surface area contributed by atoms with Gasteiger partial charge in [0.1, 0.15) is 0 Å². The molecule has 0 atom stereocenters. The summed E-state index contributed by atoms with van der Waals surface area (Å²) in [5.41, 5.74) is 0.863. The Labute approximate surface area is 134 Å². The van der Waals surface area contributed by atoms with Crippen molar-refractivity contribution < 1.29 is 0 Å². The van der Waals surface area contributed by atoms with Crippen LogP contribution in [0.1, 0.15) is 105 Å². The molecule has 126 valence electrons. The van der Waals surface area contributed by atoms with Crippen LogP contribution in [0.3, 0.4) is 0 Å². The number of hydrogen-bond donors (Lipinski definition) is 1. The minimum absolute atomic E-state index is 0.261. The lowest BCUT2D eigenvalue weighted by Gasteiger charge is -2.42. The Morgan fingerprint density at radius 2 is 1.57 bits per heavy atom. The van der Waals surface area contributed by atoms with Crippen LogP contribution in [-0.2, 0) is 0 Å². The average molecular weight is 296 g/mol. The summed E-state index contributed by atoms with van der Waals surface area (Å²) in [7, 11) is 0. The number of unbranched alkanes of at least 4 members (excludes halogenated alkanes) is 3. The van der Waals surface area contributed by atoms with Crippen molar-refractivity contribution in [2.24, 2.45) is 11.3 Å². The molecule has 0 amide bonds. The monoisotopic (exact) mass is 295 g/mol. The molecule has 0 radical (unpaired) electrons. The minimum atomic E-state index is 0.261. The van der Waals surface area contributed by atoms with Gasteiger partial charge in [-0.2, -0.15) is 0 Å². The molecule has 0 aromatic heterocycles. The summed E-state index contributed by atoms with van der Waals surface area (Å²) >= 11 is 0. The standard InChI is InChI=1S/C20H41N/c1-6-8-10-14-20(17-21-19(3,4)5)15-12-18(13-16-20)11-9-7-2/h18,21H,6-17H2,1-5H3. The van der Waals surface area contributed by atoms with Gasteiger partial charge >= 0.3 is 0 Å². The minimum Gasteiger partial charge on any atom is -0.312 e. The van der Waals surface area contributed by atoms with Crippen molar-refractivity contribution in [2.75, 3.05) is 6.54 Å². The molecule has 1 saturated carbocycles. The van der Waals surface area contributed by atoms with Crippen molar-refractivity contribution in [3.05, 3.63) is 0 Å². The van der Waals surface area contributed by atoms with Gasteiger partial charge in [0.2, 0.25) is 0 Å². The van der Waals surface area contributed by atoms with Crippen LogP contribution in [0.25, 0.3) is 0 Å². The molecule has 0 spiro atoms. The molecule has 1 N–H and O–H groups in total. The Balaban J connectivity index is 2.50. The van der Waals surface area contributed by atoms with Gasteiger partial charge in [-0.15, -0.1) is 0 Å². The maximum atomic E-state index is 3.82. The third-order valence-electron chi connectivity index (χ3n) is 5.44. The van der Waals surface area contributed by atoms with Gasteiger partial charge in [0.25, 0.3) is 0 Å². The van der Waals surface area contributed by atoms with Crippen LogP contribution in [0.4, 0.5) is 0 Å². The molecule has 1 nitrogen and oxygen atoms in total. The van der Waals surface area contributed by atoms with Crippen LogP contribution < -0.4 is 5.32 Å². The molecule has 1 heteroatoms. The highest BCUT2D eigenvalue weighted by molar-refractivity contribution is 4.89. The quantitative estimate of drug-likeness (QED) is 0.491. The molecule has 0 aromatic rings. The number of nitrogens with one attached hydrogen (secondary N) is 1. The molecule has 0 bridgehead atoms. The van der Waals surface area contributed by atoms with E-state index in [0.717, 1.165) is 5.92 Å². The average Bonchev–Trinajstić information content (AvgIpc) is 2.44. The first-order chi connectivity index (χ1) is 9.91. The van der Waals surface area contributed by atoms with Crippen LogP contribution in [0, 0.1) is 11.3 Å². The van der Waals surface area contributed by atoms with Gasteiger partial charge in [-0.25, -0.2) is 0 Å². The lowest BCUT2D eigenvalue weighted by molar-refractivity contribution is 0.115. The van der Waals surface area contributed by atoms with E-state index in [1.54, 1.807) is 0 Å². The van der Waals surface area contributed by atoms with Crippen molar-refractivity contribution in [3.63, 3.8) is 0 Å². The van der Waals surface area contributed by atoms with Crippen LogP contribution >= 0.6 is 0 Å². The van der Waals surface area contributed by atoms with E-state index in [-0.39, 0.29) is 5.54 Å². The predicted octanol–water partition coefficient (Wildman–Crippen LogP) is 6.32. The normalized spacial score (nSPS) is 27.0. The summed E-state index contributed by atoms with van der Waals surface area (Å²) in [6.45, 7) is 12.8. The molecule has 1 fully saturated rings. The molecule has 21 heavy (non-hydrogen) atoms. The Bertz CT molecular complexity index is 256. The Hall–Kier alpha value is -0.0400. The lowest BCUT2D eigenvalue weighted by atomic mass is 9.66. The molecular formula is C20H41N. The molecule has 1 aliphatic carbocycles. The lowest BCUT2D eigenvalue weighted by Crippen LogP contribution is -2.45. The van der Waals surface area contributed by atoms with Crippen LogP contribution in [0.5, 0.6) is 0 Å². The van der Waals surface area contributed by atoms with Crippen molar-refractivity contribution >= 4 is 0 Å². The fourth-order valence-electron chi connectivity index (χ4n) is 3.79. The van der Waals surface area contributed by atoms with Gasteiger partial charge in [0.05, 0.1) is 0 Å². The van der Waals surface area contributed by atoms with Gasteiger partial charge in [-0.05, 0) is 64.2 Å². The van der Waals surface area contributed by atoms with E-state index in [4.69, 9.17) is 0 Å². The van der Waals surface area contributed by atoms with E-state index < -0.39 is 0 Å². The first-order valence-corrected chi connectivity index (χ1v) is 9.66. The summed E-state index contributed by atoms with van der Waals surface area (Å²) in [4.78, 5) is 0. The van der Waals surface area contributed by atoms with E-state index >= 15 is 0 Å². The number of hydrogen-bond acceptors (Lipinski definition) is 1. The maximum Gasteiger partial charge on any atom is 0.00967 e. The van der Waals surface area contributed by atoms with Crippen molar-refractivity contribution in [2.45, 2.75) is 111 Å². The van der Waals surface area contributed by atoms with Crippen molar-refractivity contribution in [1.82, 2.24) is 5.32 Å². The zero-order valence-electron chi connectivity index (χ0n) is 15.6. The molecule has 0 unspecified atom stereocenters. The molecule has 0 heterocycles. The van der Waals surface area contributed by atoms with Crippen LogP contribution in [0.15, 0.2) is 0 Å². The summed E-state index contributed by atoms with van der Waals surface area (Å²) < 4.78 is 0. The SMILES string of the molecule is CCCCCC1(CNC(C)(C)C)CCC(CCCC)CC1. The van der Waals surface area contributed by atoms with Crippen molar-refractivity contribution in [3.8, 4) is 0 Å².